The minimum absolute atomic E-state index is 0.622. The van der Waals surface area contributed by atoms with E-state index in [0.717, 1.165) is 38.4 Å². The first-order valence-corrected chi connectivity index (χ1v) is 7.73. The van der Waals surface area contributed by atoms with Crippen molar-refractivity contribution in [3.63, 3.8) is 0 Å². The number of nitrogens with zero attached hydrogens (tertiary/aromatic N) is 3. The molecule has 0 amide bonds. The zero-order valence-electron chi connectivity index (χ0n) is 13.3. The van der Waals surface area contributed by atoms with Crippen molar-refractivity contribution in [3.8, 4) is 0 Å². The maximum Gasteiger partial charge on any atom is 0.125 e. The molecule has 1 aliphatic rings. The molecule has 0 aromatic carbocycles. The molecule has 0 bridgehead atoms. The lowest BCUT2D eigenvalue weighted by atomic mass is 10.1. The normalized spacial score (nSPS) is 24.8. The van der Waals surface area contributed by atoms with Crippen molar-refractivity contribution in [2.45, 2.75) is 45.8 Å². The summed E-state index contributed by atoms with van der Waals surface area (Å²) < 4.78 is 0. The van der Waals surface area contributed by atoms with Gasteiger partial charge in [-0.15, -0.1) is 0 Å². The van der Waals surface area contributed by atoms with E-state index in [2.05, 4.69) is 60.1 Å². The van der Waals surface area contributed by atoms with Crippen LogP contribution < -0.4 is 5.32 Å². The predicted octanol–water partition coefficient (Wildman–Crippen LogP) is 2.43. The predicted molar refractivity (Wildman–Crippen MR) is 85.0 cm³/mol. The van der Waals surface area contributed by atoms with E-state index in [1.807, 2.05) is 6.20 Å². The van der Waals surface area contributed by atoms with Crippen molar-refractivity contribution in [1.29, 1.82) is 0 Å². The molecule has 1 aliphatic heterocycles. The fraction of sp³-hybridized carbons (Fsp3) is 0.688. The molecule has 0 saturated carbocycles. The van der Waals surface area contributed by atoms with Gasteiger partial charge in [-0.25, -0.2) is 4.98 Å². The van der Waals surface area contributed by atoms with Gasteiger partial charge in [0.1, 0.15) is 5.82 Å². The third-order valence-corrected chi connectivity index (χ3v) is 4.22. The molecule has 1 aromatic rings. The van der Waals surface area contributed by atoms with Crippen molar-refractivity contribution in [2.24, 2.45) is 0 Å². The zero-order chi connectivity index (χ0) is 14.5. The number of aromatic nitrogens is 1. The van der Waals surface area contributed by atoms with E-state index in [1.165, 1.54) is 5.56 Å². The monoisotopic (exact) mass is 276 g/mol. The SMILES string of the molecule is CCCNc1ccc(CN2CC(C)N(C)C(C)C2)cn1. The smallest absolute Gasteiger partial charge is 0.125 e. The molecular formula is C16H28N4. The van der Waals surface area contributed by atoms with Crippen LogP contribution in [-0.2, 0) is 6.54 Å². The molecule has 1 aromatic heterocycles. The highest BCUT2D eigenvalue weighted by atomic mass is 15.3. The van der Waals surface area contributed by atoms with Gasteiger partial charge in [-0.1, -0.05) is 13.0 Å². The maximum atomic E-state index is 4.49. The van der Waals surface area contributed by atoms with Crippen molar-refractivity contribution in [2.75, 3.05) is 32.0 Å². The van der Waals surface area contributed by atoms with Crippen molar-refractivity contribution in [1.82, 2.24) is 14.8 Å². The summed E-state index contributed by atoms with van der Waals surface area (Å²) in [5.41, 5.74) is 1.30. The highest BCUT2D eigenvalue weighted by Gasteiger charge is 2.26. The number of nitrogens with one attached hydrogen (secondary N) is 1. The molecule has 0 radical (unpaired) electrons. The van der Waals surface area contributed by atoms with Gasteiger partial charge in [0.25, 0.3) is 0 Å². The van der Waals surface area contributed by atoms with Crippen LogP contribution in [0.25, 0.3) is 0 Å². The van der Waals surface area contributed by atoms with Crippen molar-refractivity contribution < 1.29 is 0 Å². The quantitative estimate of drug-likeness (QED) is 0.895. The Morgan fingerprint density at radius 3 is 2.50 bits per heavy atom. The van der Waals surface area contributed by atoms with Crippen LogP contribution in [0.5, 0.6) is 0 Å². The molecule has 2 atom stereocenters. The molecule has 4 heteroatoms. The molecule has 4 nitrogen and oxygen atoms in total. The Kier molecular flexibility index (Phi) is 5.38. The second kappa shape index (κ2) is 7.04. The van der Waals surface area contributed by atoms with Crippen molar-refractivity contribution in [3.05, 3.63) is 23.9 Å². The van der Waals surface area contributed by atoms with Gasteiger partial charge < -0.3 is 5.32 Å². The summed E-state index contributed by atoms with van der Waals surface area (Å²) in [5.74, 6) is 0.982. The summed E-state index contributed by atoms with van der Waals surface area (Å²) in [5, 5.41) is 3.31. The maximum absolute atomic E-state index is 4.49. The van der Waals surface area contributed by atoms with E-state index in [9.17, 15) is 0 Å². The lowest BCUT2D eigenvalue weighted by molar-refractivity contribution is 0.0556. The summed E-state index contributed by atoms with van der Waals surface area (Å²) in [6, 6.07) is 5.53. The van der Waals surface area contributed by atoms with Crippen LogP contribution in [0, 0.1) is 0 Å². The molecule has 0 aliphatic carbocycles. The average molecular weight is 276 g/mol. The van der Waals surface area contributed by atoms with Gasteiger partial charge in [-0.2, -0.15) is 0 Å². The summed E-state index contributed by atoms with van der Waals surface area (Å²) in [4.78, 5) is 9.48. The lowest BCUT2D eigenvalue weighted by Crippen LogP contribution is -2.54. The van der Waals surface area contributed by atoms with Gasteiger partial charge >= 0.3 is 0 Å². The fourth-order valence-corrected chi connectivity index (χ4v) is 2.78. The lowest BCUT2D eigenvalue weighted by Gasteiger charge is -2.42. The molecule has 1 N–H and O–H groups in total. The number of likely N-dealkylation sites (N-methyl/N-ethyl adjacent to an activating group) is 1. The number of pyridine rings is 1. The minimum atomic E-state index is 0.622. The highest BCUT2D eigenvalue weighted by molar-refractivity contribution is 5.35. The third kappa shape index (κ3) is 3.93. The summed E-state index contributed by atoms with van der Waals surface area (Å²) >= 11 is 0. The molecule has 1 fully saturated rings. The van der Waals surface area contributed by atoms with Gasteiger partial charge in [0.15, 0.2) is 0 Å². The Hall–Kier alpha value is -1.13. The molecule has 20 heavy (non-hydrogen) atoms. The van der Waals surface area contributed by atoms with E-state index in [4.69, 9.17) is 0 Å². The first kappa shape index (κ1) is 15.3. The molecular weight excluding hydrogens is 248 g/mol. The Bertz CT molecular complexity index is 391. The molecule has 2 rings (SSSR count). The molecule has 1 saturated heterocycles. The zero-order valence-corrected chi connectivity index (χ0v) is 13.3. The first-order chi connectivity index (χ1) is 9.60. The van der Waals surface area contributed by atoms with Crippen LogP contribution in [-0.4, -0.2) is 53.5 Å². The molecule has 2 heterocycles. The number of hydrogen-bond acceptors (Lipinski definition) is 4. The van der Waals surface area contributed by atoms with E-state index in [1.54, 1.807) is 0 Å². The summed E-state index contributed by atoms with van der Waals surface area (Å²) in [6.45, 7) is 11.0. The Labute approximate surface area is 123 Å². The highest BCUT2D eigenvalue weighted by Crippen LogP contribution is 2.16. The van der Waals surface area contributed by atoms with Crippen LogP contribution in [0.3, 0.4) is 0 Å². The Morgan fingerprint density at radius 1 is 1.25 bits per heavy atom. The number of anilines is 1. The molecule has 112 valence electrons. The minimum Gasteiger partial charge on any atom is -0.370 e. The van der Waals surface area contributed by atoms with Crippen molar-refractivity contribution >= 4 is 5.82 Å². The van der Waals surface area contributed by atoms with Crippen LogP contribution in [0.1, 0.15) is 32.8 Å². The van der Waals surface area contributed by atoms with E-state index in [0.29, 0.717) is 12.1 Å². The topological polar surface area (TPSA) is 31.4 Å². The van der Waals surface area contributed by atoms with Crippen LogP contribution >= 0.6 is 0 Å². The number of rotatable bonds is 5. The largest absolute Gasteiger partial charge is 0.370 e. The number of hydrogen-bond donors (Lipinski definition) is 1. The van der Waals surface area contributed by atoms with Gasteiger partial charge in [-0.3, -0.25) is 9.80 Å². The summed E-state index contributed by atoms with van der Waals surface area (Å²) in [6.07, 6.45) is 3.13. The van der Waals surface area contributed by atoms with E-state index < -0.39 is 0 Å². The second-order valence-electron chi connectivity index (χ2n) is 6.04. The second-order valence-corrected chi connectivity index (χ2v) is 6.04. The first-order valence-electron chi connectivity index (χ1n) is 7.73. The van der Waals surface area contributed by atoms with Gasteiger partial charge in [0.05, 0.1) is 0 Å². The summed E-state index contributed by atoms with van der Waals surface area (Å²) in [7, 11) is 2.22. The van der Waals surface area contributed by atoms with Gasteiger partial charge in [-0.05, 0) is 38.9 Å². The third-order valence-electron chi connectivity index (χ3n) is 4.22. The average Bonchev–Trinajstić information content (AvgIpc) is 2.44. The van der Waals surface area contributed by atoms with Crippen LogP contribution in [0.4, 0.5) is 5.82 Å². The Morgan fingerprint density at radius 2 is 1.95 bits per heavy atom. The van der Waals surface area contributed by atoms with Gasteiger partial charge in [0.2, 0.25) is 0 Å². The molecule has 0 spiro atoms. The molecule has 2 unspecified atom stereocenters. The van der Waals surface area contributed by atoms with Crippen LogP contribution in [0.15, 0.2) is 18.3 Å². The number of piperazine rings is 1. The van der Waals surface area contributed by atoms with E-state index >= 15 is 0 Å². The van der Waals surface area contributed by atoms with E-state index in [-0.39, 0.29) is 0 Å². The van der Waals surface area contributed by atoms with Gasteiger partial charge in [0, 0.05) is 44.5 Å². The van der Waals surface area contributed by atoms with Crippen LogP contribution in [0.2, 0.25) is 0 Å². The Balaban J connectivity index is 1.90. The standard InChI is InChI=1S/C16H28N4/c1-5-8-17-16-7-6-15(9-18-16)12-20-10-13(2)19(4)14(3)11-20/h6-7,9,13-14H,5,8,10-12H2,1-4H3,(H,17,18). The fourth-order valence-electron chi connectivity index (χ4n) is 2.78.